The van der Waals surface area contributed by atoms with Crippen molar-refractivity contribution < 1.29 is 19.4 Å². The third-order valence-electron chi connectivity index (χ3n) is 9.17. The highest BCUT2D eigenvalue weighted by atomic mass is 32.1. The standard InChI is InChI=1S/C31H31NO4S/c1-19-8-10-21(11-9-19)30-14-12-24(23-13-15-37-28(23)30)31(29(34)35)18-32(17-26(30)31)27(33)16-20(2)22-6-4-5-7-25(22)36-3/h4-11,13,15,24,26H,2,12,14,16-18H2,1,3H3,(H,34,35)/t24-,26-,30-,31-/m0/s1. The van der Waals surface area contributed by atoms with Crippen LogP contribution < -0.4 is 4.74 Å². The largest absolute Gasteiger partial charge is 0.496 e. The van der Waals surface area contributed by atoms with Gasteiger partial charge < -0.3 is 14.7 Å². The zero-order valence-electron chi connectivity index (χ0n) is 21.2. The number of carboxylic acid groups (broad SMARTS) is 1. The molecule has 3 aliphatic carbocycles. The maximum absolute atomic E-state index is 13.7. The van der Waals surface area contributed by atoms with Crippen molar-refractivity contribution in [2.45, 2.75) is 37.5 Å². The van der Waals surface area contributed by atoms with Crippen molar-refractivity contribution in [3.8, 4) is 5.75 Å². The van der Waals surface area contributed by atoms with Gasteiger partial charge in [-0.2, -0.15) is 0 Å². The van der Waals surface area contributed by atoms with E-state index in [9.17, 15) is 14.7 Å². The van der Waals surface area contributed by atoms with Crippen molar-refractivity contribution in [3.63, 3.8) is 0 Å². The summed E-state index contributed by atoms with van der Waals surface area (Å²) in [5.74, 6) is -0.451. The summed E-state index contributed by atoms with van der Waals surface area (Å²) in [5.41, 5.74) is 3.60. The maximum atomic E-state index is 13.7. The monoisotopic (exact) mass is 513 g/mol. The van der Waals surface area contributed by atoms with Crippen LogP contribution in [0.5, 0.6) is 5.75 Å². The van der Waals surface area contributed by atoms with E-state index in [1.165, 1.54) is 21.6 Å². The molecule has 37 heavy (non-hydrogen) atoms. The number of nitrogens with zero attached hydrogens (tertiary/aromatic N) is 1. The number of benzene rings is 2. The number of hydrogen-bond acceptors (Lipinski definition) is 4. The summed E-state index contributed by atoms with van der Waals surface area (Å²) >= 11 is 1.74. The third kappa shape index (κ3) is 3.28. The molecule has 0 unspecified atom stereocenters. The number of fused-ring (bicyclic) bond motifs is 1. The molecule has 3 aromatic rings. The van der Waals surface area contributed by atoms with Crippen LogP contribution in [-0.4, -0.2) is 42.1 Å². The predicted molar refractivity (Wildman–Crippen MR) is 145 cm³/mol. The van der Waals surface area contributed by atoms with Crippen LogP contribution in [0, 0.1) is 18.3 Å². The second-order valence-corrected chi connectivity index (χ2v) is 11.7. The van der Waals surface area contributed by atoms with Gasteiger partial charge in [-0.3, -0.25) is 9.59 Å². The summed E-state index contributed by atoms with van der Waals surface area (Å²) in [4.78, 5) is 30.0. The molecule has 2 bridgehead atoms. The molecule has 190 valence electrons. The zero-order valence-corrected chi connectivity index (χ0v) is 22.0. The molecule has 0 spiro atoms. The lowest BCUT2D eigenvalue weighted by Gasteiger charge is -2.58. The van der Waals surface area contributed by atoms with Gasteiger partial charge in [-0.15, -0.1) is 11.3 Å². The van der Waals surface area contributed by atoms with Crippen LogP contribution in [0.4, 0.5) is 0 Å². The minimum Gasteiger partial charge on any atom is -0.496 e. The lowest BCUT2D eigenvalue weighted by Crippen LogP contribution is -2.59. The number of methoxy groups -OCH3 is 1. The Balaban J connectivity index is 1.40. The van der Waals surface area contributed by atoms with E-state index in [1.54, 1.807) is 23.3 Å². The van der Waals surface area contributed by atoms with Crippen LogP contribution in [0.3, 0.4) is 0 Å². The number of hydrogen-bond donors (Lipinski definition) is 1. The molecule has 1 saturated heterocycles. The number of likely N-dealkylation sites (tertiary alicyclic amines) is 1. The number of carbonyl (C=O) groups excluding carboxylic acids is 1. The van der Waals surface area contributed by atoms with Gasteiger partial charge in [-0.25, -0.2) is 0 Å². The fraction of sp³-hybridized carbons (Fsp3) is 0.355. The number of aryl methyl sites for hydroxylation is 1. The van der Waals surface area contributed by atoms with Gasteiger partial charge >= 0.3 is 5.97 Å². The normalized spacial score (nSPS) is 27.5. The summed E-state index contributed by atoms with van der Waals surface area (Å²) < 4.78 is 5.47. The molecule has 1 N–H and O–H groups in total. The van der Waals surface area contributed by atoms with Crippen molar-refractivity contribution in [2.24, 2.45) is 11.3 Å². The fourth-order valence-corrected chi connectivity index (χ4v) is 8.77. The van der Waals surface area contributed by atoms with Crippen LogP contribution in [0.25, 0.3) is 5.57 Å². The molecule has 6 heteroatoms. The Labute approximate surface area is 221 Å². The summed E-state index contributed by atoms with van der Waals surface area (Å²) in [7, 11) is 1.61. The lowest BCUT2D eigenvalue weighted by atomic mass is 9.44. The average Bonchev–Trinajstić information content (AvgIpc) is 3.57. The number of carbonyl (C=O) groups is 2. The summed E-state index contributed by atoms with van der Waals surface area (Å²) in [5, 5.41) is 13.0. The van der Waals surface area contributed by atoms with Gasteiger partial charge in [0.25, 0.3) is 0 Å². The minimum absolute atomic E-state index is 0.0762. The summed E-state index contributed by atoms with van der Waals surface area (Å²) in [6.45, 7) is 6.92. The van der Waals surface area contributed by atoms with E-state index in [-0.39, 0.29) is 30.7 Å². The zero-order chi connectivity index (χ0) is 25.9. The molecule has 2 aromatic carbocycles. The van der Waals surface area contributed by atoms with Gasteiger partial charge in [0.2, 0.25) is 5.91 Å². The van der Waals surface area contributed by atoms with Crippen LogP contribution in [0.15, 0.2) is 66.6 Å². The molecule has 0 radical (unpaired) electrons. The second kappa shape index (κ2) is 8.59. The highest BCUT2D eigenvalue weighted by Crippen LogP contribution is 2.70. The Morgan fingerprint density at radius 3 is 2.65 bits per heavy atom. The van der Waals surface area contributed by atoms with E-state index in [4.69, 9.17) is 4.74 Å². The van der Waals surface area contributed by atoms with Crippen LogP contribution in [-0.2, 0) is 15.0 Å². The van der Waals surface area contributed by atoms with Crippen molar-refractivity contribution in [1.29, 1.82) is 0 Å². The lowest BCUT2D eigenvalue weighted by molar-refractivity contribution is -0.157. The molecule has 7 rings (SSSR count). The average molecular weight is 514 g/mol. The van der Waals surface area contributed by atoms with Gasteiger partial charge in [-0.05, 0) is 54.0 Å². The number of aliphatic carboxylic acids is 1. The van der Waals surface area contributed by atoms with E-state index in [0.29, 0.717) is 17.9 Å². The van der Waals surface area contributed by atoms with Crippen LogP contribution in [0.2, 0.25) is 0 Å². The van der Waals surface area contributed by atoms with Crippen molar-refractivity contribution in [3.05, 3.63) is 93.7 Å². The SMILES string of the molecule is C=C(CC(=O)N1C[C@H]2[C@@]3(c4ccc(C)cc4)CC[C@@H](c4ccsc43)[C@@]2(C(=O)O)C1)c1ccccc1OC. The molecular weight excluding hydrogens is 482 g/mol. The van der Waals surface area contributed by atoms with Gasteiger partial charge in [0.05, 0.1) is 18.9 Å². The number of carboxylic acids is 1. The van der Waals surface area contributed by atoms with Crippen molar-refractivity contribution in [1.82, 2.24) is 4.90 Å². The van der Waals surface area contributed by atoms with Gasteiger partial charge in [0.15, 0.2) is 0 Å². The highest BCUT2D eigenvalue weighted by molar-refractivity contribution is 7.10. The molecule has 1 aliphatic heterocycles. The maximum Gasteiger partial charge on any atom is 0.312 e. The Bertz CT molecular complexity index is 1410. The topological polar surface area (TPSA) is 66.8 Å². The van der Waals surface area contributed by atoms with Crippen LogP contribution in [0.1, 0.15) is 52.3 Å². The van der Waals surface area contributed by atoms with Crippen molar-refractivity contribution in [2.75, 3.05) is 20.2 Å². The predicted octanol–water partition coefficient (Wildman–Crippen LogP) is 5.88. The smallest absolute Gasteiger partial charge is 0.312 e. The fourth-order valence-electron chi connectivity index (χ4n) is 7.50. The molecule has 4 aliphatic rings. The molecule has 5 nitrogen and oxygen atoms in total. The van der Waals surface area contributed by atoms with Crippen molar-refractivity contribution >= 4 is 28.8 Å². The number of amides is 1. The Kier molecular flexibility index (Phi) is 5.57. The second-order valence-electron chi connectivity index (χ2n) is 10.8. The van der Waals surface area contributed by atoms with Gasteiger partial charge in [0.1, 0.15) is 5.75 Å². The first-order chi connectivity index (χ1) is 17.8. The number of para-hydroxylation sites is 1. The van der Waals surface area contributed by atoms with Crippen LogP contribution >= 0.6 is 11.3 Å². The first-order valence-electron chi connectivity index (χ1n) is 12.8. The minimum atomic E-state index is -1.00. The molecule has 1 saturated carbocycles. The number of ether oxygens (including phenoxy) is 1. The molecular formula is C31H31NO4S. The first-order valence-corrected chi connectivity index (χ1v) is 13.7. The Morgan fingerprint density at radius 1 is 1.16 bits per heavy atom. The molecule has 1 amide bonds. The first kappa shape index (κ1) is 24.0. The van der Waals surface area contributed by atoms with Gasteiger partial charge in [-0.1, -0.05) is 54.6 Å². The van der Waals surface area contributed by atoms with E-state index in [1.807, 2.05) is 24.3 Å². The number of rotatable bonds is 6. The third-order valence-corrected chi connectivity index (χ3v) is 10.3. The summed E-state index contributed by atoms with van der Waals surface area (Å²) in [6.07, 6.45) is 1.85. The van der Waals surface area contributed by atoms with E-state index in [2.05, 4.69) is 49.2 Å². The number of thiophene rings is 1. The van der Waals surface area contributed by atoms with E-state index < -0.39 is 16.8 Å². The summed E-state index contributed by atoms with van der Waals surface area (Å²) in [6, 6.07) is 18.3. The van der Waals surface area contributed by atoms with Gasteiger partial charge in [0, 0.05) is 40.8 Å². The van der Waals surface area contributed by atoms with E-state index >= 15 is 0 Å². The quantitative estimate of drug-likeness (QED) is 0.447. The van der Waals surface area contributed by atoms with E-state index in [0.717, 1.165) is 18.4 Å². The molecule has 4 atom stereocenters. The highest BCUT2D eigenvalue weighted by Gasteiger charge is 2.71. The molecule has 1 aromatic heterocycles. The molecule has 2 heterocycles. The Hall–Kier alpha value is -3.38. The Morgan fingerprint density at radius 2 is 1.92 bits per heavy atom. The molecule has 2 fully saturated rings.